The lowest BCUT2D eigenvalue weighted by molar-refractivity contribution is -0.432. The number of methoxy groups -OCH3 is 1. The van der Waals surface area contributed by atoms with E-state index >= 15 is 0 Å². The number of aromatic amines is 2. The number of aromatic nitrogens is 2. The van der Waals surface area contributed by atoms with Crippen LogP contribution in [-0.2, 0) is 24.2 Å². The van der Waals surface area contributed by atoms with Crippen molar-refractivity contribution in [2.24, 2.45) is 25.4 Å². The van der Waals surface area contributed by atoms with Gasteiger partial charge in [0.2, 0.25) is 0 Å². The lowest BCUT2D eigenvalue weighted by Crippen LogP contribution is -2.21. The summed E-state index contributed by atoms with van der Waals surface area (Å²) in [6.45, 7) is -1.02. The van der Waals surface area contributed by atoms with Crippen molar-refractivity contribution in [3.8, 4) is 11.5 Å². The normalized spacial score (nSPS) is 13.0. The molecule has 5 aromatic rings. The molecule has 1 aromatic heterocycles. The number of aliphatic imine (C=N–C) groups is 1. The summed E-state index contributed by atoms with van der Waals surface area (Å²) in [7, 11) is -3.37. The molecule has 20 nitrogen and oxygen atoms in total. The smallest absolute Gasteiger partial charge is 0.323 e. The highest BCUT2D eigenvalue weighted by Gasteiger charge is 2.21. The van der Waals surface area contributed by atoms with Gasteiger partial charge in [-0.1, -0.05) is 5.04 Å². The highest BCUT2D eigenvalue weighted by molar-refractivity contribution is 7.94. The Labute approximate surface area is 284 Å². The van der Waals surface area contributed by atoms with Crippen LogP contribution in [0.1, 0.15) is 0 Å². The number of benzene rings is 4. The molecule has 0 saturated heterocycles. The Hall–Kier alpha value is -5.46. The summed E-state index contributed by atoms with van der Waals surface area (Å²) >= 11 is 0.363. The number of nitrogens with two attached hydrogens (primary N) is 1. The van der Waals surface area contributed by atoms with Gasteiger partial charge >= 0.3 is 5.69 Å². The Morgan fingerprint density at radius 1 is 1.00 bits per heavy atom. The number of phenols is 1. The monoisotopic (exact) mass is 730 g/mol. The van der Waals surface area contributed by atoms with Gasteiger partial charge in [-0.2, -0.15) is 13.5 Å². The molecule has 0 aliphatic heterocycles. The molecule has 262 valence electrons. The molecule has 0 saturated carbocycles. The molecule has 0 aliphatic rings. The molecule has 9 N–H and O–H groups in total. The Balaban J connectivity index is 1.63. The molecule has 22 heteroatoms. The number of phenolic OH excluding ortho intramolecular Hbond substituents is 1. The highest BCUT2D eigenvalue weighted by Crippen LogP contribution is 2.47. The van der Waals surface area contributed by atoms with Crippen molar-refractivity contribution in [3.05, 3.63) is 59.0 Å². The van der Waals surface area contributed by atoms with Crippen LogP contribution in [0.2, 0.25) is 0 Å². The van der Waals surface area contributed by atoms with Crippen molar-refractivity contribution in [3.63, 3.8) is 0 Å². The molecule has 4 aromatic carbocycles. The van der Waals surface area contributed by atoms with E-state index in [1.54, 1.807) is 18.2 Å². The van der Waals surface area contributed by atoms with Crippen LogP contribution >= 0.6 is 12.0 Å². The Kier molecular flexibility index (Phi) is 11.0. The van der Waals surface area contributed by atoms with E-state index in [1.165, 1.54) is 25.3 Å². The maximum Gasteiger partial charge on any atom is 0.323 e. The molecular weight excluding hydrogens is 704 g/mol. The SMILES string of the molecule is CO/C=N\c1cc(N=Nc2c(SOOO)cc3cc(S(=O)(=O)O)c(N)cc3c2O)c(OCC(O)CO)cc1N=Nc1ccc2[nH]c(=O)[nH]c2c1. The number of aromatic hydroxyl groups is 1. The molecule has 1 heterocycles. The standard InChI is InChI=1S/C28H26N8O12S2/c1-45-12-30-19-8-22(23(46-11-15(38)10-37)9-21(19)34-33-14-2-3-18-20(6-14)32-28(40)31-18)35-36-26-24(49-48-47-41)4-13-5-25(50(42,43)44)17(29)7-16(13)27(26)39/h2-9,12,15,37-39,41H,10-11,29H2,1H3,(H2,31,32,40)(H,42,43,44)/b30-12-,34-33?,36-35?. The summed E-state index contributed by atoms with van der Waals surface area (Å²) < 4.78 is 48.4. The van der Waals surface area contributed by atoms with Crippen LogP contribution in [0.4, 0.5) is 34.1 Å². The second-order valence-electron chi connectivity index (χ2n) is 10.0. The molecule has 0 amide bonds. The topological polar surface area (TPSA) is 309 Å². The van der Waals surface area contributed by atoms with Crippen LogP contribution in [0.15, 0.2) is 88.6 Å². The second kappa shape index (κ2) is 15.4. The van der Waals surface area contributed by atoms with Gasteiger partial charge in [0, 0.05) is 11.5 Å². The third-order valence-corrected chi connectivity index (χ3v) is 8.17. The van der Waals surface area contributed by atoms with Gasteiger partial charge in [0.15, 0.2) is 12.2 Å². The first-order valence-electron chi connectivity index (χ1n) is 13.8. The number of aliphatic hydroxyl groups excluding tert-OH is 2. The molecule has 0 spiro atoms. The van der Waals surface area contributed by atoms with Crippen LogP contribution in [0.5, 0.6) is 11.5 Å². The Bertz CT molecular complexity index is 2310. The van der Waals surface area contributed by atoms with Gasteiger partial charge in [-0.05, 0) is 47.9 Å². The third-order valence-electron chi connectivity index (χ3n) is 6.64. The van der Waals surface area contributed by atoms with Gasteiger partial charge in [0.05, 0.1) is 58.8 Å². The summed E-state index contributed by atoms with van der Waals surface area (Å²) in [5, 5.41) is 59.8. The number of rotatable bonds is 14. The molecule has 1 atom stereocenters. The van der Waals surface area contributed by atoms with Gasteiger partial charge in [-0.15, -0.1) is 19.7 Å². The van der Waals surface area contributed by atoms with E-state index in [2.05, 4.69) is 44.8 Å². The van der Waals surface area contributed by atoms with Crippen molar-refractivity contribution in [2.75, 3.05) is 26.1 Å². The average molecular weight is 731 g/mol. The number of aliphatic hydroxyl groups is 2. The van der Waals surface area contributed by atoms with Gasteiger partial charge in [-0.25, -0.2) is 15.0 Å². The zero-order valence-electron chi connectivity index (χ0n) is 25.4. The number of fused-ring (bicyclic) bond motifs is 2. The van der Waals surface area contributed by atoms with Gasteiger partial charge in [0.1, 0.15) is 40.4 Å². The van der Waals surface area contributed by atoms with Crippen molar-refractivity contribution in [1.29, 1.82) is 0 Å². The van der Waals surface area contributed by atoms with E-state index in [0.717, 1.165) is 18.5 Å². The molecule has 0 fully saturated rings. The average Bonchev–Trinajstić information content (AvgIpc) is 3.46. The first-order chi connectivity index (χ1) is 23.9. The number of nitrogens with zero attached hydrogens (tertiary/aromatic N) is 5. The second-order valence-corrected chi connectivity index (χ2v) is 12.2. The first kappa shape index (κ1) is 35.8. The number of nitrogens with one attached hydrogen (secondary N) is 2. The van der Waals surface area contributed by atoms with Crippen LogP contribution in [0.3, 0.4) is 0 Å². The molecular formula is C28H26N8O12S2. The number of azo groups is 2. The van der Waals surface area contributed by atoms with Gasteiger partial charge < -0.3 is 40.5 Å². The zero-order valence-corrected chi connectivity index (χ0v) is 27.0. The minimum absolute atomic E-state index is 0.00343. The predicted molar refractivity (Wildman–Crippen MR) is 178 cm³/mol. The molecule has 0 bridgehead atoms. The van der Waals surface area contributed by atoms with Crippen LogP contribution < -0.4 is 16.2 Å². The fourth-order valence-electron chi connectivity index (χ4n) is 4.40. The quantitative estimate of drug-likeness (QED) is 0.0111. The van der Waals surface area contributed by atoms with E-state index in [1.807, 2.05) is 0 Å². The lowest BCUT2D eigenvalue weighted by atomic mass is 10.1. The zero-order chi connectivity index (χ0) is 36.0. The predicted octanol–water partition coefficient (Wildman–Crippen LogP) is 4.84. The van der Waals surface area contributed by atoms with Gasteiger partial charge in [0.25, 0.3) is 10.1 Å². The van der Waals surface area contributed by atoms with E-state index < -0.39 is 45.8 Å². The molecule has 1 unspecified atom stereocenters. The lowest BCUT2D eigenvalue weighted by Gasteiger charge is -2.14. The summed E-state index contributed by atoms with van der Waals surface area (Å²) in [6.07, 6.45) is -0.184. The third kappa shape index (κ3) is 8.21. The van der Waals surface area contributed by atoms with Crippen molar-refractivity contribution in [2.45, 2.75) is 15.9 Å². The first-order valence-corrected chi connectivity index (χ1v) is 16.0. The Morgan fingerprint density at radius 2 is 1.76 bits per heavy atom. The summed E-state index contributed by atoms with van der Waals surface area (Å²) in [5.41, 5.74) is 6.42. The van der Waals surface area contributed by atoms with E-state index in [-0.39, 0.29) is 49.9 Å². The van der Waals surface area contributed by atoms with Crippen LogP contribution in [0.25, 0.3) is 21.8 Å². The number of anilines is 1. The number of hydrogen-bond acceptors (Lipinski definition) is 18. The maximum atomic E-state index is 11.8. The minimum atomic E-state index is -4.73. The fraction of sp³-hybridized carbons (Fsp3) is 0.143. The van der Waals surface area contributed by atoms with E-state index in [0.29, 0.717) is 28.8 Å². The maximum absolute atomic E-state index is 11.8. The van der Waals surface area contributed by atoms with Crippen molar-refractivity contribution in [1.82, 2.24) is 9.97 Å². The van der Waals surface area contributed by atoms with Crippen molar-refractivity contribution >= 4 is 84.5 Å². The van der Waals surface area contributed by atoms with Crippen LogP contribution in [0, 0.1) is 0 Å². The van der Waals surface area contributed by atoms with Crippen LogP contribution in [-0.4, -0.2) is 76.3 Å². The Morgan fingerprint density at radius 3 is 2.48 bits per heavy atom. The fourth-order valence-corrected chi connectivity index (χ4v) is 5.52. The molecule has 0 aliphatic carbocycles. The number of ether oxygens (including phenoxy) is 2. The van der Waals surface area contributed by atoms with E-state index in [9.17, 15) is 33.1 Å². The van der Waals surface area contributed by atoms with E-state index in [4.69, 9.17) is 20.5 Å². The summed E-state index contributed by atoms with van der Waals surface area (Å²) in [5.74, 6) is -0.603. The molecule has 0 radical (unpaired) electrons. The number of nitrogen functional groups attached to an aromatic ring is 1. The summed E-state index contributed by atoms with van der Waals surface area (Å²) in [6, 6.07) is 10.9. The number of H-pyrrole nitrogens is 2. The largest absolute Gasteiger partial charge is 0.505 e. The molecule has 5 rings (SSSR count). The highest BCUT2D eigenvalue weighted by atomic mass is 32.2. The summed E-state index contributed by atoms with van der Waals surface area (Å²) in [4.78, 5) is 20.4. The molecule has 50 heavy (non-hydrogen) atoms. The van der Waals surface area contributed by atoms with Crippen molar-refractivity contribution < 1.29 is 52.4 Å². The number of imidazole rings is 1. The van der Waals surface area contributed by atoms with Gasteiger partial charge in [-0.3, -0.25) is 4.55 Å². The number of hydrogen-bond donors (Lipinski definition) is 8. The minimum Gasteiger partial charge on any atom is -0.505 e.